The minimum atomic E-state index is -0.409. The zero-order chi connectivity index (χ0) is 22.2. The van der Waals surface area contributed by atoms with Gasteiger partial charge in [-0.15, -0.1) is 0 Å². The van der Waals surface area contributed by atoms with Gasteiger partial charge in [0.2, 0.25) is 5.91 Å². The molecular weight excluding hydrogens is 404 g/mol. The number of allylic oxidation sites excluding steroid dienone is 1. The summed E-state index contributed by atoms with van der Waals surface area (Å²) in [6.45, 7) is 3.60. The summed E-state index contributed by atoms with van der Waals surface area (Å²) < 4.78 is 1.84. The number of carbonyl (C=O) groups is 1. The van der Waals surface area contributed by atoms with Crippen LogP contribution < -0.4 is 10.9 Å². The molecule has 2 aromatic heterocycles. The van der Waals surface area contributed by atoms with Crippen LogP contribution in [0.4, 0.5) is 0 Å². The summed E-state index contributed by atoms with van der Waals surface area (Å²) in [5, 5.41) is 13.4. The Balaban J connectivity index is 1.50. The number of hydrogen-bond donors (Lipinski definition) is 2. The van der Waals surface area contributed by atoms with E-state index in [0.29, 0.717) is 24.6 Å². The Bertz CT molecular complexity index is 1080. The van der Waals surface area contributed by atoms with Crippen molar-refractivity contribution < 1.29 is 9.90 Å². The number of nitrogens with one attached hydrogen (secondary N) is 1. The minimum Gasteiger partial charge on any atom is -0.396 e. The molecule has 0 unspecified atom stereocenters. The lowest BCUT2D eigenvalue weighted by Gasteiger charge is -2.38. The monoisotopic (exact) mass is 434 g/mol. The zero-order valence-corrected chi connectivity index (χ0v) is 18.4. The van der Waals surface area contributed by atoms with Crippen molar-refractivity contribution in [1.82, 2.24) is 19.8 Å². The van der Waals surface area contributed by atoms with Crippen LogP contribution in [0.5, 0.6) is 0 Å². The Morgan fingerprint density at radius 3 is 2.81 bits per heavy atom. The molecule has 7 heteroatoms. The molecule has 5 rings (SSSR count). The molecule has 2 fully saturated rings. The van der Waals surface area contributed by atoms with Crippen LogP contribution in [-0.4, -0.2) is 44.7 Å². The Hall–Kier alpha value is -2.77. The van der Waals surface area contributed by atoms with Gasteiger partial charge in [-0.05, 0) is 49.9 Å². The molecule has 4 heterocycles. The van der Waals surface area contributed by atoms with Crippen LogP contribution in [0.2, 0.25) is 0 Å². The van der Waals surface area contributed by atoms with Crippen LogP contribution in [0.15, 0.2) is 47.4 Å². The number of nitrogens with zero attached hydrogens (tertiary/aromatic N) is 3. The van der Waals surface area contributed by atoms with Gasteiger partial charge in [-0.3, -0.25) is 19.5 Å². The SMILES string of the molecule is C/C=C/c1ccc2n(c1=O)C[C@H]1[C@H](CO)[C@@H](C(=O)NCc3ccccn3)[C@@H]2N1CC1CC1. The maximum Gasteiger partial charge on any atom is 0.258 e. The van der Waals surface area contributed by atoms with Gasteiger partial charge in [0.1, 0.15) is 0 Å². The second-order valence-corrected chi connectivity index (χ2v) is 9.19. The first-order valence-corrected chi connectivity index (χ1v) is 11.5. The zero-order valence-electron chi connectivity index (χ0n) is 18.4. The minimum absolute atomic E-state index is 0.0205. The van der Waals surface area contributed by atoms with E-state index < -0.39 is 5.92 Å². The number of aromatic nitrogens is 2. The summed E-state index contributed by atoms with van der Waals surface area (Å²) in [7, 11) is 0. The molecule has 0 spiro atoms. The second-order valence-electron chi connectivity index (χ2n) is 9.19. The maximum absolute atomic E-state index is 13.5. The van der Waals surface area contributed by atoms with Gasteiger partial charge < -0.3 is 15.0 Å². The van der Waals surface area contributed by atoms with Crippen molar-refractivity contribution in [3.8, 4) is 0 Å². The van der Waals surface area contributed by atoms with Crippen molar-refractivity contribution >= 4 is 12.0 Å². The van der Waals surface area contributed by atoms with Gasteiger partial charge in [0.05, 0.1) is 24.2 Å². The number of aliphatic hydroxyl groups is 1. The van der Waals surface area contributed by atoms with E-state index >= 15 is 0 Å². The first kappa shape index (κ1) is 21.1. The molecule has 2 aliphatic heterocycles. The Morgan fingerprint density at radius 1 is 1.28 bits per heavy atom. The van der Waals surface area contributed by atoms with E-state index in [1.807, 2.05) is 54.0 Å². The molecule has 168 valence electrons. The average Bonchev–Trinajstić information content (AvgIpc) is 3.59. The standard InChI is InChI=1S/C25H30N4O3/c1-2-5-17-9-10-20-23-22(24(31)27-12-18-6-3-4-11-26-18)19(15-30)21(14-29(20)25(17)32)28(23)13-16-7-8-16/h2-6,9-11,16,19,21-23,30H,7-8,12-15H2,1H3,(H,27,31)/b5-2+/t19-,21-,22+,23+/m0/s1. The van der Waals surface area contributed by atoms with E-state index in [9.17, 15) is 14.7 Å². The van der Waals surface area contributed by atoms with Crippen molar-refractivity contribution in [2.45, 2.75) is 44.9 Å². The van der Waals surface area contributed by atoms with Gasteiger partial charge in [0.15, 0.2) is 0 Å². The van der Waals surface area contributed by atoms with E-state index in [-0.39, 0.29) is 36.1 Å². The third-order valence-electron chi connectivity index (χ3n) is 7.18. The second kappa shape index (κ2) is 8.64. The summed E-state index contributed by atoms with van der Waals surface area (Å²) in [4.78, 5) is 33.3. The topological polar surface area (TPSA) is 87.5 Å². The average molecular weight is 435 g/mol. The van der Waals surface area contributed by atoms with E-state index in [0.717, 1.165) is 17.9 Å². The van der Waals surface area contributed by atoms with E-state index in [2.05, 4.69) is 15.2 Å². The number of carbonyl (C=O) groups excluding carboxylic acids is 1. The summed E-state index contributed by atoms with van der Waals surface area (Å²) in [6, 6.07) is 9.25. The molecular formula is C25H30N4O3. The van der Waals surface area contributed by atoms with Crippen LogP contribution >= 0.6 is 0 Å². The van der Waals surface area contributed by atoms with Crippen molar-refractivity contribution in [1.29, 1.82) is 0 Å². The molecule has 1 saturated heterocycles. The van der Waals surface area contributed by atoms with Gasteiger partial charge in [-0.2, -0.15) is 0 Å². The summed E-state index contributed by atoms with van der Waals surface area (Å²) >= 11 is 0. The fourth-order valence-corrected chi connectivity index (χ4v) is 5.49. The summed E-state index contributed by atoms with van der Waals surface area (Å²) in [6.07, 6.45) is 7.83. The fourth-order valence-electron chi connectivity index (χ4n) is 5.49. The number of aliphatic hydroxyl groups excluding tert-OH is 1. The number of rotatable bonds is 7. The predicted octanol–water partition coefficient (Wildman–Crippen LogP) is 1.97. The molecule has 0 aromatic carbocycles. The highest BCUT2D eigenvalue weighted by Gasteiger charge is 2.56. The predicted molar refractivity (Wildman–Crippen MR) is 122 cm³/mol. The number of hydrogen-bond acceptors (Lipinski definition) is 5. The molecule has 2 N–H and O–H groups in total. The molecule has 3 aliphatic rings. The Labute approximate surface area is 187 Å². The van der Waals surface area contributed by atoms with Gasteiger partial charge >= 0.3 is 0 Å². The van der Waals surface area contributed by atoms with Crippen molar-refractivity contribution in [3.05, 3.63) is 69.9 Å². The van der Waals surface area contributed by atoms with Gasteiger partial charge in [-0.25, -0.2) is 0 Å². The first-order chi connectivity index (χ1) is 15.6. The van der Waals surface area contributed by atoms with Crippen molar-refractivity contribution in [2.75, 3.05) is 13.2 Å². The first-order valence-electron chi connectivity index (χ1n) is 11.5. The van der Waals surface area contributed by atoms with Gasteiger partial charge in [-0.1, -0.05) is 18.2 Å². The summed E-state index contributed by atoms with van der Waals surface area (Å²) in [5.41, 5.74) is 2.31. The summed E-state index contributed by atoms with van der Waals surface area (Å²) in [5.74, 6) is -0.0585. The normalized spacial score (nSPS) is 26.9. The van der Waals surface area contributed by atoms with Crippen LogP contribution in [0.3, 0.4) is 0 Å². The van der Waals surface area contributed by atoms with Crippen LogP contribution in [0, 0.1) is 17.8 Å². The highest BCUT2D eigenvalue weighted by molar-refractivity contribution is 5.80. The van der Waals surface area contributed by atoms with E-state index in [1.165, 1.54) is 12.8 Å². The van der Waals surface area contributed by atoms with Crippen LogP contribution in [0.1, 0.15) is 42.8 Å². The van der Waals surface area contributed by atoms with E-state index in [1.54, 1.807) is 6.20 Å². The third-order valence-corrected chi connectivity index (χ3v) is 7.18. The van der Waals surface area contributed by atoms with Crippen molar-refractivity contribution in [2.24, 2.45) is 17.8 Å². The molecule has 1 aliphatic carbocycles. The molecule has 2 aromatic rings. The third kappa shape index (κ3) is 3.69. The molecule has 1 amide bonds. The lowest BCUT2D eigenvalue weighted by atomic mass is 9.86. The molecule has 0 radical (unpaired) electrons. The van der Waals surface area contributed by atoms with Gasteiger partial charge in [0, 0.05) is 49.1 Å². The Morgan fingerprint density at radius 2 is 2.12 bits per heavy atom. The lowest BCUT2D eigenvalue weighted by molar-refractivity contribution is -0.127. The van der Waals surface area contributed by atoms with Gasteiger partial charge in [0.25, 0.3) is 5.56 Å². The fraction of sp³-hybridized carbons (Fsp3) is 0.480. The highest BCUT2D eigenvalue weighted by Crippen LogP contribution is 2.50. The molecule has 2 bridgehead atoms. The highest BCUT2D eigenvalue weighted by atomic mass is 16.3. The molecule has 7 nitrogen and oxygen atoms in total. The maximum atomic E-state index is 13.5. The number of amides is 1. The smallest absolute Gasteiger partial charge is 0.258 e. The largest absolute Gasteiger partial charge is 0.396 e. The van der Waals surface area contributed by atoms with Crippen LogP contribution in [-0.2, 0) is 17.9 Å². The van der Waals surface area contributed by atoms with Crippen molar-refractivity contribution in [3.63, 3.8) is 0 Å². The number of pyridine rings is 2. The Kier molecular flexibility index (Phi) is 5.69. The molecule has 32 heavy (non-hydrogen) atoms. The molecule has 4 atom stereocenters. The number of fused-ring (bicyclic) bond motifs is 4. The molecule has 1 saturated carbocycles. The van der Waals surface area contributed by atoms with E-state index in [4.69, 9.17) is 0 Å². The lowest BCUT2D eigenvalue weighted by Crippen LogP contribution is -2.47. The quantitative estimate of drug-likeness (QED) is 0.696. The van der Waals surface area contributed by atoms with Crippen LogP contribution in [0.25, 0.3) is 6.08 Å².